The second kappa shape index (κ2) is 8.52. The molecule has 1 aromatic carbocycles. The molecule has 1 aliphatic heterocycles. The van der Waals surface area contributed by atoms with E-state index in [0.717, 1.165) is 13.0 Å². The fourth-order valence-electron chi connectivity index (χ4n) is 3.01. The molecule has 0 spiro atoms. The third-order valence-corrected chi connectivity index (χ3v) is 4.60. The number of aliphatic hydroxyl groups is 1. The van der Waals surface area contributed by atoms with E-state index in [4.69, 9.17) is 0 Å². The van der Waals surface area contributed by atoms with Crippen molar-refractivity contribution >= 4 is 0 Å². The summed E-state index contributed by atoms with van der Waals surface area (Å²) in [6, 6.07) is 11.5. The Labute approximate surface area is 129 Å². The summed E-state index contributed by atoms with van der Waals surface area (Å²) in [5.74, 6) is 0.492. The fraction of sp³-hybridized carbons (Fsp3) is 0.667. The molecule has 0 bridgehead atoms. The van der Waals surface area contributed by atoms with E-state index in [1.54, 1.807) is 0 Å². The SMILES string of the molecule is CC(C)C(CO)NC1CCN(CCc2ccccc2)CC1. The number of rotatable bonds is 7. The molecule has 0 aromatic heterocycles. The van der Waals surface area contributed by atoms with E-state index in [0.29, 0.717) is 12.0 Å². The lowest BCUT2D eigenvalue weighted by Gasteiger charge is -2.35. The van der Waals surface area contributed by atoms with Crippen LogP contribution in [0.5, 0.6) is 0 Å². The second-order valence-electron chi connectivity index (χ2n) is 6.55. The molecule has 0 aliphatic carbocycles. The first-order chi connectivity index (χ1) is 10.2. The van der Waals surface area contributed by atoms with E-state index in [2.05, 4.69) is 54.4 Å². The zero-order valence-corrected chi connectivity index (χ0v) is 13.5. The van der Waals surface area contributed by atoms with Gasteiger partial charge in [-0.15, -0.1) is 0 Å². The lowest BCUT2D eigenvalue weighted by atomic mass is 9.99. The van der Waals surface area contributed by atoms with Gasteiger partial charge < -0.3 is 15.3 Å². The van der Waals surface area contributed by atoms with Crippen molar-refractivity contribution in [2.45, 2.75) is 45.2 Å². The summed E-state index contributed by atoms with van der Waals surface area (Å²) < 4.78 is 0. The first-order valence-corrected chi connectivity index (χ1v) is 8.32. The van der Waals surface area contributed by atoms with E-state index in [9.17, 15) is 5.11 Å². The van der Waals surface area contributed by atoms with Gasteiger partial charge in [0.05, 0.1) is 6.61 Å². The number of hydrogen-bond acceptors (Lipinski definition) is 3. The summed E-state index contributed by atoms with van der Waals surface area (Å²) >= 11 is 0. The Morgan fingerprint density at radius 3 is 2.43 bits per heavy atom. The molecule has 3 nitrogen and oxygen atoms in total. The molecule has 1 aromatic rings. The molecule has 1 saturated heterocycles. The highest BCUT2D eigenvalue weighted by molar-refractivity contribution is 5.14. The van der Waals surface area contributed by atoms with Crippen LogP contribution in [0.15, 0.2) is 30.3 Å². The largest absolute Gasteiger partial charge is 0.395 e. The normalized spacial score (nSPS) is 19.0. The topological polar surface area (TPSA) is 35.5 Å². The van der Waals surface area contributed by atoms with Crippen molar-refractivity contribution in [2.24, 2.45) is 5.92 Å². The minimum Gasteiger partial charge on any atom is -0.395 e. The average Bonchev–Trinajstić information content (AvgIpc) is 2.52. The van der Waals surface area contributed by atoms with Gasteiger partial charge in [-0.05, 0) is 43.8 Å². The smallest absolute Gasteiger partial charge is 0.0587 e. The van der Waals surface area contributed by atoms with Crippen LogP contribution in [-0.2, 0) is 6.42 Å². The van der Waals surface area contributed by atoms with Gasteiger partial charge >= 0.3 is 0 Å². The standard InChI is InChI=1S/C18H30N2O/c1-15(2)18(14-21)19-17-9-12-20(13-10-17)11-8-16-6-4-3-5-7-16/h3-7,15,17-19,21H,8-14H2,1-2H3. The van der Waals surface area contributed by atoms with Crippen LogP contribution in [0.25, 0.3) is 0 Å². The predicted octanol–water partition coefficient (Wildman–Crippen LogP) is 2.30. The number of aliphatic hydroxyl groups excluding tert-OH is 1. The van der Waals surface area contributed by atoms with Gasteiger partial charge in [0.25, 0.3) is 0 Å². The van der Waals surface area contributed by atoms with Crippen molar-refractivity contribution in [1.82, 2.24) is 10.2 Å². The van der Waals surface area contributed by atoms with Crippen molar-refractivity contribution < 1.29 is 5.11 Å². The monoisotopic (exact) mass is 290 g/mol. The molecule has 1 atom stereocenters. The van der Waals surface area contributed by atoms with Gasteiger partial charge in [-0.3, -0.25) is 0 Å². The van der Waals surface area contributed by atoms with Gasteiger partial charge in [0.2, 0.25) is 0 Å². The van der Waals surface area contributed by atoms with Crippen LogP contribution in [0.2, 0.25) is 0 Å². The zero-order valence-electron chi connectivity index (χ0n) is 13.5. The van der Waals surface area contributed by atoms with Crippen molar-refractivity contribution in [2.75, 3.05) is 26.2 Å². The molecule has 0 saturated carbocycles. The van der Waals surface area contributed by atoms with E-state index in [-0.39, 0.29) is 12.6 Å². The Kier molecular flexibility index (Phi) is 6.68. The summed E-state index contributed by atoms with van der Waals surface area (Å²) in [5.41, 5.74) is 1.43. The third-order valence-electron chi connectivity index (χ3n) is 4.60. The Morgan fingerprint density at radius 1 is 1.19 bits per heavy atom. The second-order valence-corrected chi connectivity index (χ2v) is 6.55. The number of likely N-dealkylation sites (tertiary alicyclic amines) is 1. The molecule has 1 heterocycles. The van der Waals surface area contributed by atoms with Crippen molar-refractivity contribution in [1.29, 1.82) is 0 Å². The molecule has 1 aliphatic rings. The number of benzene rings is 1. The van der Waals surface area contributed by atoms with Crippen molar-refractivity contribution in [3.05, 3.63) is 35.9 Å². The minimum atomic E-state index is 0.242. The Bertz CT molecular complexity index is 385. The summed E-state index contributed by atoms with van der Waals surface area (Å²) in [4.78, 5) is 2.56. The molecule has 21 heavy (non-hydrogen) atoms. The molecule has 0 amide bonds. The Morgan fingerprint density at radius 2 is 1.86 bits per heavy atom. The zero-order chi connectivity index (χ0) is 15.1. The number of piperidine rings is 1. The van der Waals surface area contributed by atoms with Crippen LogP contribution in [0.4, 0.5) is 0 Å². The lowest BCUT2D eigenvalue weighted by molar-refractivity contribution is 0.156. The maximum absolute atomic E-state index is 9.42. The number of nitrogens with one attached hydrogen (secondary N) is 1. The summed E-state index contributed by atoms with van der Waals surface area (Å²) in [5, 5.41) is 13.0. The third kappa shape index (κ3) is 5.42. The van der Waals surface area contributed by atoms with Crippen molar-refractivity contribution in [3.63, 3.8) is 0 Å². The molecule has 1 unspecified atom stereocenters. The van der Waals surface area contributed by atoms with E-state index in [1.165, 1.54) is 31.5 Å². The molecular weight excluding hydrogens is 260 g/mol. The molecule has 2 N–H and O–H groups in total. The first kappa shape index (κ1) is 16.5. The predicted molar refractivity (Wildman–Crippen MR) is 88.5 cm³/mol. The minimum absolute atomic E-state index is 0.242. The van der Waals surface area contributed by atoms with Crippen LogP contribution < -0.4 is 5.32 Å². The maximum atomic E-state index is 9.42. The van der Waals surface area contributed by atoms with Crippen LogP contribution in [0.1, 0.15) is 32.3 Å². The van der Waals surface area contributed by atoms with E-state index >= 15 is 0 Å². The van der Waals surface area contributed by atoms with E-state index < -0.39 is 0 Å². The van der Waals surface area contributed by atoms with Crippen molar-refractivity contribution in [3.8, 4) is 0 Å². The molecular formula is C18H30N2O. The van der Waals surface area contributed by atoms with Gasteiger partial charge in [0.1, 0.15) is 0 Å². The number of nitrogens with zero attached hydrogens (tertiary/aromatic N) is 1. The Hall–Kier alpha value is -0.900. The van der Waals surface area contributed by atoms with Gasteiger partial charge in [-0.25, -0.2) is 0 Å². The van der Waals surface area contributed by atoms with Gasteiger partial charge in [-0.2, -0.15) is 0 Å². The summed E-state index contributed by atoms with van der Waals surface area (Å²) in [6.45, 7) is 8.07. The average molecular weight is 290 g/mol. The van der Waals surface area contributed by atoms with Crippen LogP contribution in [0.3, 0.4) is 0 Å². The Balaban J connectivity index is 1.68. The van der Waals surface area contributed by atoms with Crippen LogP contribution in [-0.4, -0.2) is 48.3 Å². The first-order valence-electron chi connectivity index (χ1n) is 8.32. The van der Waals surface area contributed by atoms with Gasteiger partial charge in [0.15, 0.2) is 0 Å². The van der Waals surface area contributed by atoms with E-state index in [1.807, 2.05) is 0 Å². The quantitative estimate of drug-likeness (QED) is 0.809. The molecule has 1 fully saturated rings. The van der Waals surface area contributed by atoms with Crippen LogP contribution in [0, 0.1) is 5.92 Å². The molecule has 0 radical (unpaired) electrons. The summed E-state index contributed by atoms with van der Waals surface area (Å²) in [7, 11) is 0. The fourth-order valence-corrected chi connectivity index (χ4v) is 3.01. The molecule has 3 heteroatoms. The van der Waals surface area contributed by atoms with Crippen LogP contribution >= 0.6 is 0 Å². The summed E-state index contributed by atoms with van der Waals surface area (Å²) in [6.07, 6.45) is 3.53. The van der Waals surface area contributed by atoms with Gasteiger partial charge in [-0.1, -0.05) is 44.2 Å². The molecule has 118 valence electrons. The molecule has 2 rings (SSSR count). The lowest BCUT2D eigenvalue weighted by Crippen LogP contribution is -2.49. The highest BCUT2D eigenvalue weighted by Gasteiger charge is 2.22. The number of hydrogen-bond donors (Lipinski definition) is 2. The highest BCUT2D eigenvalue weighted by Crippen LogP contribution is 2.13. The van der Waals surface area contributed by atoms with Gasteiger partial charge in [0, 0.05) is 18.6 Å². The maximum Gasteiger partial charge on any atom is 0.0587 e. The highest BCUT2D eigenvalue weighted by atomic mass is 16.3.